The summed E-state index contributed by atoms with van der Waals surface area (Å²) in [4.78, 5) is 4.86. The van der Waals surface area contributed by atoms with Gasteiger partial charge in [0.1, 0.15) is 0 Å². The van der Waals surface area contributed by atoms with Crippen LogP contribution in [0.3, 0.4) is 0 Å². The van der Waals surface area contributed by atoms with Crippen LogP contribution in [0.15, 0.2) is 158 Å². The second kappa shape index (κ2) is 21.5. The average Bonchev–Trinajstić information content (AvgIpc) is 3.60. The Morgan fingerprint density at radius 3 is 1.17 bits per heavy atom. The van der Waals surface area contributed by atoms with Crippen LogP contribution in [0.4, 0.5) is 34.1 Å². The summed E-state index contributed by atoms with van der Waals surface area (Å²) >= 11 is 0. The van der Waals surface area contributed by atoms with Gasteiger partial charge in [-0.2, -0.15) is 0 Å². The molecule has 1 aliphatic rings. The lowest BCUT2D eigenvalue weighted by Crippen LogP contribution is -2.17. The third-order valence-electron chi connectivity index (χ3n) is 16.0. The van der Waals surface area contributed by atoms with Crippen LogP contribution >= 0.6 is 0 Å². The summed E-state index contributed by atoms with van der Waals surface area (Å²) in [5, 5.41) is 2.93. The zero-order valence-electron chi connectivity index (χ0n) is 44.6. The molecule has 1 aliphatic carbocycles. The molecule has 0 fully saturated rings. The highest BCUT2D eigenvalue weighted by atomic mass is 15.1. The fraction of sp³-hybridized carbons (Fsp3) is 0.333. The molecule has 0 heterocycles. The first kappa shape index (κ1) is 49.6. The quantitative estimate of drug-likeness (QED) is 0.0797. The highest BCUT2D eigenvalue weighted by molar-refractivity contribution is 5.94. The standard InChI is InChI=1S/C69H78N2/c1-11-15-17-51(13-3)41-55-39-50(8)40-65-56(42-52(14-4)18-16-12-2)43-54(44-66(55)65)53-25-33-60(34-26-53)71(59-31-23-49(7)24-32-59)62-36-38-64-63-37-35-61(45-67(63)69(9,10)68(64)46-62)70(57-27-19-47(5)20-28-57)58-29-21-48(6)22-30-58/h19-40,43-46,51-52H,11-18,41-42H2,1-10H3. The normalized spacial score (nSPS) is 13.5. The number of hydrogen-bond donors (Lipinski definition) is 0. The molecule has 0 aliphatic heterocycles. The average molecular weight is 935 g/mol. The Kier molecular flexibility index (Phi) is 15.0. The van der Waals surface area contributed by atoms with E-state index in [0.29, 0.717) is 11.8 Å². The Labute approximate surface area is 427 Å². The molecule has 0 spiro atoms. The van der Waals surface area contributed by atoms with Crippen LogP contribution in [0, 0.1) is 39.5 Å². The largest absolute Gasteiger partial charge is 0.310 e. The summed E-state index contributed by atoms with van der Waals surface area (Å²) in [6.45, 7) is 23.1. The minimum Gasteiger partial charge on any atom is -0.310 e. The summed E-state index contributed by atoms with van der Waals surface area (Å²) in [6, 6.07) is 60.7. The van der Waals surface area contributed by atoms with Gasteiger partial charge in [-0.1, -0.05) is 194 Å². The first-order chi connectivity index (χ1) is 34.4. The van der Waals surface area contributed by atoms with Gasteiger partial charge in [0, 0.05) is 39.5 Å². The second-order valence-corrected chi connectivity index (χ2v) is 21.7. The van der Waals surface area contributed by atoms with Gasteiger partial charge in [0.25, 0.3) is 0 Å². The summed E-state index contributed by atoms with van der Waals surface area (Å²) < 4.78 is 0. The fourth-order valence-electron chi connectivity index (χ4n) is 11.6. The van der Waals surface area contributed by atoms with Crippen LogP contribution in [-0.2, 0) is 18.3 Å². The molecule has 364 valence electrons. The summed E-state index contributed by atoms with van der Waals surface area (Å²) in [5.74, 6) is 1.40. The number of anilines is 6. The molecular weight excluding hydrogens is 857 g/mol. The molecule has 0 saturated carbocycles. The molecule has 0 bridgehead atoms. The van der Waals surface area contributed by atoms with Crippen LogP contribution in [0.2, 0.25) is 0 Å². The number of rotatable bonds is 19. The Morgan fingerprint density at radius 1 is 0.380 bits per heavy atom. The Bertz CT molecular complexity index is 3040. The van der Waals surface area contributed by atoms with Gasteiger partial charge in [-0.25, -0.2) is 0 Å². The Hall–Kier alpha value is -6.38. The lowest BCUT2D eigenvalue weighted by atomic mass is 9.82. The van der Waals surface area contributed by atoms with E-state index in [1.165, 1.54) is 140 Å². The lowest BCUT2D eigenvalue weighted by Gasteiger charge is -2.29. The Balaban J connectivity index is 1.10. The number of fused-ring (bicyclic) bond motifs is 4. The van der Waals surface area contributed by atoms with E-state index in [1.54, 1.807) is 0 Å². The fourth-order valence-corrected chi connectivity index (χ4v) is 11.6. The second-order valence-electron chi connectivity index (χ2n) is 21.7. The van der Waals surface area contributed by atoms with E-state index >= 15 is 0 Å². The molecule has 2 atom stereocenters. The van der Waals surface area contributed by atoms with Crippen LogP contribution in [0.25, 0.3) is 33.0 Å². The van der Waals surface area contributed by atoms with E-state index in [9.17, 15) is 0 Å². The van der Waals surface area contributed by atoms with Gasteiger partial charge in [0.05, 0.1) is 0 Å². The van der Waals surface area contributed by atoms with Gasteiger partial charge in [0.15, 0.2) is 0 Å². The van der Waals surface area contributed by atoms with Gasteiger partial charge < -0.3 is 9.80 Å². The summed E-state index contributed by atoms with van der Waals surface area (Å²) in [5.41, 5.74) is 22.9. The molecule has 0 radical (unpaired) electrons. The molecule has 2 nitrogen and oxygen atoms in total. The molecule has 8 aromatic rings. The van der Waals surface area contributed by atoms with Crippen molar-refractivity contribution in [1.82, 2.24) is 0 Å². The van der Waals surface area contributed by atoms with Gasteiger partial charge in [-0.15, -0.1) is 0 Å². The maximum absolute atomic E-state index is 2.55. The van der Waals surface area contributed by atoms with Crippen molar-refractivity contribution in [3.8, 4) is 22.3 Å². The van der Waals surface area contributed by atoms with E-state index in [2.05, 4.69) is 237 Å². The Morgan fingerprint density at radius 2 is 0.761 bits per heavy atom. The van der Waals surface area contributed by atoms with Crippen LogP contribution in [0.5, 0.6) is 0 Å². The molecule has 2 heteroatoms. The minimum atomic E-state index is -0.225. The highest BCUT2D eigenvalue weighted by Crippen LogP contribution is 2.52. The molecule has 2 unspecified atom stereocenters. The van der Waals surface area contributed by atoms with Crippen molar-refractivity contribution in [3.63, 3.8) is 0 Å². The third kappa shape index (κ3) is 10.5. The van der Waals surface area contributed by atoms with Crippen molar-refractivity contribution in [2.45, 2.75) is 139 Å². The lowest BCUT2D eigenvalue weighted by molar-refractivity contribution is 0.449. The summed E-state index contributed by atoms with van der Waals surface area (Å²) in [6.07, 6.45) is 12.5. The number of hydrogen-bond acceptors (Lipinski definition) is 2. The highest BCUT2D eigenvalue weighted by Gasteiger charge is 2.37. The van der Waals surface area contributed by atoms with Crippen LogP contribution < -0.4 is 9.80 Å². The van der Waals surface area contributed by atoms with Gasteiger partial charge >= 0.3 is 0 Å². The number of unbranched alkanes of at least 4 members (excludes halogenated alkanes) is 2. The summed E-state index contributed by atoms with van der Waals surface area (Å²) in [7, 11) is 0. The SMILES string of the molecule is CCCCC(CC)Cc1cc(-c2ccc(N(c3ccc(C)cc3)c3ccc4c(c3)C(C)(C)c3cc(N(c5ccc(C)cc5)c5ccc(C)cc5)ccc3-4)cc2)cc2c(CC(CC)CCCC)cc(C)cc12. The number of benzene rings is 8. The first-order valence-electron chi connectivity index (χ1n) is 27.1. The molecule has 0 N–H and O–H groups in total. The van der Waals surface area contributed by atoms with Crippen LogP contribution in [0.1, 0.15) is 137 Å². The smallest absolute Gasteiger partial charge is 0.0465 e. The maximum Gasteiger partial charge on any atom is 0.0465 e. The number of aryl methyl sites for hydroxylation is 4. The molecule has 9 rings (SSSR count). The molecule has 0 aromatic heterocycles. The topological polar surface area (TPSA) is 6.48 Å². The van der Waals surface area contributed by atoms with E-state index in [4.69, 9.17) is 0 Å². The van der Waals surface area contributed by atoms with Crippen molar-refractivity contribution in [2.75, 3.05) is 9.80 Å². The molecule has 0 saturated heterocycles. The van der Waals surface area contributed by atoms with E-state index < -0.39 is 0 Å². The van der Waals surface area contributed by atoms with E-state index in [1.807, 2.05) is 0 Å². The van der Waals surface area contributed by atoms with Gasteiger partial charge in [-0.05, 0) is 187 Å². The minimum absolute atomic E-state index is 0.225. The van der Waals surface area contributed by atoms with Crippen molar-refractivity contribution >= 4 is 44.9 Å². The van der Waals surface area contributed by atoms with Crippen molar-refractivity contribution in [3.05, 3.63) is 202 Å². The number of nitrogens with zero attached hydrogens (tertiary/aromatic N) is 2. The maximum atomic E-state index is 2.55. The van der Waals surface area contributed by atoms with Gasteiger partial charge in [-0.3, -0.25) is 0 Å². The molecule has 8 aromatic carbocycles. The van der Waals surface area contributed by atoms with Gasteiger partial charge in [0.2, 0.25) is 0 Å². The monoisotopic (exact) mass is 935 g/mol. The van der Waals surface area contributed by atoms with E-state index in [-0.39, 0.29) is 5.41 Å². The molecule has 0 amide bonds. The van der Waals surface area contributed by atoms with Crippen molar-refractivity contribution in [2.24, 2.45) is 11.8 Å². The zero-order valence-corrected chi connectivity index (χ0v) is 44.6. The zero-order chi connectivity index (χ0) is 49.8. The predicted molar refractivity (Wildman–Crippen MR) is 309 cm³/mol. The molecule has 71 heavy (non-hydrogen) atoms. The van der Waals surface area contributed by atoms with E-state index in [0.717, 1.165) is 35.6 Å². The first-order valence-corrected chi connectivity index (χ1v) is 27.1. The van der Waals surface area contributed by atoms with Crippen molar-refractivity contribution in [1.29, 1.82) is 0 Å². The van der Waals surface area contributed by atoms with Crippen LogP contribution in [-0.4, -0.2) is 0 Å². The predicted octanol–water partition coefficient (Wildman–Crippen LogP) is 20.5. The third-order valence-corrected chi connectivity index (χ3v) is 16.0. The molecular formula is C69H78N2. The van der Waals surface area contributed by atoms with Crippen molar-refractivity contribution < 1.29 is 0 Å².